The summed E-state index contributed by atoms with van der Waals surface area (Å²) in [6.07, 6.45) is 2.26. The smallest absolute Gasteiger partial charge is 0.101 e. The first-order chi connectivity index (χ1) is 9.43. The second-order valence-corrected chi connectivity index (χ2v) is 6.56. The van der Waals surface area contributed by atoms with Gasteiger partial charge < -0.3 is 4.90 Å². The molecule has 0 spiro atoms. The van der Waals surface area contributed by atoms with Gasteiger partial charge in [0.1, 0.15) is 6.07 Å². The fourth-order valence-electron chi connectivity index (χ4n) is 2.05. The van der Waals surface area contributed by atoms with Crippen LogP contribution in [-0.4, -0.2) is 13.1 Å². The summed E-state index contributed by atoms with van der Waals surface area (Å²) in [4.78, 5) is 2.33. The molecule has 0 saturated heterocycles. The van der Waals surface area contributed by atoms with E-state index >= 15 is 0 Å². The highest BCUT2D eigenvalue weighted by Crippen LogP contribution is 2.25. The molecule has 0 bridgehead atoms. The predicted molar refractivity (Wildman–Crippen MR) is 87.3 cm³/mol. The Bertz CT molecular complexity index is 449. The van der Waals surface area contributed by atoms with E-state index in [0.29, 0.717) is 22.4 Å². The van der Waals surface area contributed by atoms with Crippen LogP contribution >= 0.6 is 11.6 Å². The fraction of sp³-hybridized carbons (Fsp3) is 0.588. The lowest BCUT2D eigenvalue weighted by Crippen LogP contribution is -2.28. The number of nitrogens with zero attached hydrogens (tertiary/aromatic N) is 2. The zero-order valence-electron chi connectivity index (χ0n) is 13.0. The molecule has 0 N–H and O–H groups in total. The Hall–Kier alpha value is -1.20. The monoisotopic (exact) mass is 292 g/mol. The van der Waals surface area contributed by atoms with Gasteiger partial charge in [0.25, 0.3) is 0 Å². The highest BCUT2D eigenvalue weighted by Gasteiger charge is 2.13. The van der Waals surface area contributed by atoms with Crippen LogP contribution in [0.1, 0.15) is 46.1 Å². The zero-order chi connectivity index (χ0) is 15.1. The molecule has 0 saturated carbocycles. The van der Waals surface area contributed by atoms with E-state index in [0.717, 1.165) is 31.6 Å². The Morgan fingerprint density at radius 1 is 1.10 bits per heavy atom. The van der Waals surface area contributed by atoms with Crippen LogP contribution in [0.5, 0.6) is 0 Å². The van der Waals surface area contributed by atoms with Gasteiger partial charge in [0, 0.05) is 18.1 Å². The number of rotatable bonds is 7. The van der Waals surface area contributed by atoms with Gasteiger partial charge in [-0.3, -0.25) is 0 Å². The highest BCUT2D eigenvalue weighted by atomic mass is 35.5. The first kappa shape index (κ1) is 16.9. The maximum absolute atomic E-state index is 9.31. The average Bonchev–Trinajstić information content (AvgIpc) is 2.38. The molecule has 3 heteroatoms. The van der Waals surface area contributed by atoms with E-state index in [1.165, 1.54) is 0 Å². The van der Waals surface area contributed by atoms with Crippen LogP contribution in [0.3, 0.4) is 0 Å². The average molecular weight is 293 g/mol. The van der Waals surface area contributed by atoms with Crippen molar-refractivity contribution in [3.05, 3.63) is 28.8 Å². The summed E-state index contributed by atoms with van der Waals surface area (Å²) in [7, 11) is 0. The molecule has 110 valence electrons. The maximum atomic E-state index is 9.31. The van der Waals surface area contributed by atoms with Gasteiger partial charge in [-0.25, -0.2) is 0 Å². The Balaban J connectivity index is 2.93. The maximum Gasteiger partial charge on any atom is 0.101 e. The molecule has 0 fully saturated rings. The van der Waals surface area contributed by atoms with Crippen LogP contribution in [0.4, 0.5) is 5.69 Å². The Morgan fingerprint density at radius 2 is 1.65 bits per heavy atom. The van der Waals surface area contributed by atoms with Crippen LogP contribution in [0.15, 0.2) is 18.2 Å². The van der Waals surface area contributed by atoms with E-state index in [9.17, 15) is 5.26 Å². The number of anilines is 1. The molecule has 2 nitrogen and oxygen atoms in total. The minimum atomic E-state index is 0.623. The first-order valence-corrected chi connectivity index (χ1v) is 7.76. The molecule has 1 aromatic carbocycles. The number of hydrogen-bond acceptors (Lipinski definition) is 2. The topological polar surface area (TPSA) is 27.0 Å². The van der Waals surface area contributed by atoms with Crippen LogP contribution in [0.2, 0.25) is 5.02 Å². The van der Waals surface area contributed by atoms with Gasteiger partial charge in [-0.2, -0.15) is 5.26 Å². The fourth-order valence-corrected chi connectivity index (χ4v) is 2.23. The lowest BCUT2D eigenvalue weighted by atomic mass is 10.1. The Kier molecular flexibility index (Phi) is 6.88. The van der Waals surface area contributed by atoms with Crippen molar-refractivity contribution in [1.29, 1.82) is 5.26 Å². The number of nitriles is 1. The first-order valence-electron chi connectivity index (χ1n) is 7.38. The molecule has 0 aliphatic rings. The van der Waals surface area contributed by atoms with Crippen molar-refractivity contribution >= 4 is 17.3 Å². The van der Waals surface area contributed by atoms with Crippen molar-refractivity contribution in [2.24, 2.45) is 11.8 Å². The largest absolute Gasteiger partial charge is 0.370 e. The molecule has 20 heavy (non-hydrogen) atoms. The molecular weight excluding hydrogens is 268 g/mol. The standard InChI is InChI=1S/C17H25ClN2/c1-13(2)7-9-20(10-8-14(3)4)17-6-5-16(18)11-15(17)12-19/h5-6,11,13-14H,7-10H2,1-4H3. The summed E-state index contributed by atoms with van der Waals surface area (Å²) < 4.78 is 0. The molecule has 0 aliphatic carbocycles. The molecule has 0 aliphatic heterocycles. The van der Waals surface area contributed by atoms with Gasteiger partial charge in [-0.15, -0.1) is 0 Å². The molecule has 1 rings (SSSR count). The van der Waals surface area contributed by atoms with Gasteiger partial charge in [0.05, 0.1) is 11.3 Å². The molecule has 0 unspecified atom stereocenters. The second-order valence-electron chi connectivity index (χ2n) is 6.13. The third kappa shape index (κ3) is 5.43. The third-order valence-corrected chi connectivity index (χ3v) is 3.61. The quantitative estimate of drug-likeness (QED) is 0.698. The van der Waals surface area contributed by atoms with Gasteiger partial charge in [-0.1, -0.05) is 39.3 Å². The van der Waals surface area contributed by atoms with Crippen LogP contribution in [0, 0.1) is 23.2 Å². The van der Waals surface area contributed by atoms with Crippen molar-refractivity contribution < 1.29 is 0 Å². The summed E-state index contributed by atoms with van der Waals surface area (Å²) >= 11 is 5.99. The summed E-state index contributed by atoms with van der Waals surface area (Å²) in [6.45, 7) is 10.9. The molecule has 0 atom stereocenters. The van der Waals surface area contributed by atoms with Crippen LogP contribution in [-0.2, 0) is 0 Å². The Morgan fingerprint density at radius 3 is 2.10 bits per heavy atom. The summed E-state index contributed by atoms with van der Waals surface area (Å²) in [5, 5.41) is 9.93. The van der Waals surface area contributed by atoms with Gasteiger partial charge in [0.15, 0.2) is 0 Å². The normalized spacial score (nSPS) is 10.9. The van der Waals surface area contributed by atoms with E-state index < -0.39 is 0 Å². The third-order valence-electron chi connectivity index (χ3n) is 3.37. The molecule has 0 heterocycles. The second kappa shape index (κ2) is 8.17. The van der Waals surface area contributed by atoms with Gasteiger partial charge in [0.2, 0.25) is 0 Å². The van der Waals surface area contributed by atoms with Crippen molar-refractivity contribution in [2.75, 3.05) is 18.0 Å². The molecule has 0 radical (unpaired) electrons. The van der Waals surface area contributed by atoms with E-state index in [4.69, 9.17) is 11.6 Å². The molecular formula is C17H25ClN2. The Labute approximate surface area is 128 Å². The summed E-state index contributed by atoms with van der Waals surface area (Å²) in [5.74, 6) is 1.32. The summed E-state index contributed by atoms with van der Waals surface area (Å²) in [5.41, 5.74) is 1.68. The highest BCUT2D eigenvalue weighted by molar-refractivity contribution is 6.30. The van der Waals surface area contributed by atoms with E-state index in [2.05, 4.69) is 38.7 Å². The molecule has 1 aromatic rings. The van der Waals surface area contributed by atoms with Crippen molar-refractivity contribution in [3.8, 4) is 6.07 Å². The van der Waals surface area contributed by atoms with Crippen molar-refractivity contribution in [2.45, 2.75) is 40.5 Å². The van der Waals surface area contributed by atoms with Gasteiger partial charge in [-0.05, 0) is 42.9 Å². The minimum Gasteiger partial charge on any atom is -0.370 e. The van der Waals surface area contributed by atoms with E-state index in [-0.39, 0.29) is 0 Å². The lowest BCUT2D eigenvalue weighted by molar-refractivity contribution is 0.535. The SMILES string of the molecule is CC(C)CCN(CCC(C)C)c1ccc(Cl)cc1C#N. The lowest BCUT2D eigenvalue weighted by Gasteiger charge is -2.27. The van der Waals surface area contributed by atoms with E-state index in [1.54, 1.807) is 6.07 Å². The molecule has 0 aromatic heterocycles. The minimum absolute atomic E-state index is 0.623. The number of benzene rings is 1. The van der Waals surface area contributed by atoms with Crippen molar-refractivity contribution in [1.82, 2.24) is 0 Å². The van der Waals surface area contributed by atoms with Gasteiger partial charge >= 0.3 is 0 Å². The number of hydrogen-bond donors (Lipinski definition) is 0. The van der Waals surface area contributed by atoms with Crippen molar-refractivity contribution in [3.63, 3.8) is 0 Å². The molecule has 0 amide bonds. The van der Waals surface area contributed by atoms with Crippen LogP contribution in [0.25, 0.3) is 0 Å². The van der Waals surface area contributed by atoms with Crippen LogP contribution < -0.4 is 4.90 Å². The number of halogens is 1. The van der Waals surface area contributed by atoms with E-state index in [1.807, 2.05) is 12.1 Å². The zero-order valence-corrected chi connectivity index (χ0v) is 13.7. The predicted octanol–water partition coefficient (Wildman–Crippen LogP) is 5.11. The summed E-state index contributed by atoms with van der Waals surface area (Å²) in [6, 6.07) is 7.87.